The first-order valence-corrected chi connectivity index (χ1v) is 12.3. The fourth-order valence-corrected chi connectivity index (χ4v) is 5.88. The molecule has 0 saturated heterocycles. The third kappa shape index (κ3) is 4.26. The lowest BCUT2D eigenvalue weighted by Crippen LogP contribution is -2.09. The Balaban J connectivity index is 1.35. The molecular weight excluding hydrogens is 386 g/mol. The van der Waals surface area contributed by atoms with E-state index in [1.165, 1.54) is 94.1 Å². The van der Waals surface area contributed by atoms with E-state index < -0.39 is 0 Å². The zero-order valence-electron chi connectivity index (χ0n) is 19.6. The van der Waals surface area contributed by atoms with E-state index in [2.05, 4.69) is 80.0 Å². The summed E-state index contributed by atoms with van der Waals surface area (Å²) in [5, 5.41) is 1.34. The molecule has 0 radical (unpaired) electrons. The Morgan fingerprint density at radius 2 is 1.75 bits per heavy atom. The van der Waals surface area contributed by atoms with Crippen molar-refractivity contribution in [1.82, 2.24) is 4.98 Å². The van der Waals surface area contributed by atoms with Gasteiger partial charge in [0, 0.05) is 16.6 Å². The van der Waals surface area contributed by atoms with Crippen molar-refractivity contribution in [3.05, 3.63) is 94.7 Å². The quantitative estimate of drug-likeness (QED) is 0.409. The number of allylic oxidation sites excluding steroid dienone is 5. The third-order valence-electron chi connectivity index (χ3n) is 7.50. The summed E-state index contributed by atoms with van der Waals surface area (Å²) < 4.78 is 0. The number of benzene rings is 2. The second kappa shape index (κ2) is 8.98. The number of fused-ring (bicyclic) bond motifs is 1. The number of nitrogens with one attached hydrogen (secondary N) is 1. The average molecular weight is 422 g/mol. The van der Waals surface area contributed by atoms with Gasteiger partial charge in [0.2, 0.25) is 0 Å². The largest absolute Gasteiger partial charge is 0.355 e. The summed E-state index contributed by atoms with van der Waals surface area (Å²) in [6.07, 6.45) is 14.9. The molecule has 0 unspecified atom stereocenters. The van der Waals surface area contributed by atoms with E-state index >= 15 is 0 Å². The number of aromatic nitrogens is 1. The lowest BCUT2D eigenvalue weighted by Gasteiger charge is -2.21. The molecule has 0 aliphatic heterocycles. The molecule has 2 aromatic carbocycles. The van der Waals surface area contributed by atoms with Crippen LogP contribution in [0.4, 0.5) is 0 Å². The van der Waals surface area contributed by atoms with Crippen molar-refractivity contribution in [3.63, 3.8) is 0 Å². The van der Waals surface area contributed by atoms with Gasteiger partial charge < -0.3 is 4.98 Å². The monoisotopic (exact) mass is 421 g/mol. The predicted molar refractivity (Wildman–Crippen MR) is 139 cm³/mol. The topological polar surface area (TPSA) is 15.8 Å². The zero-order valence-corrected chi connectivity index (χ0v) is 19.6. The maximum Gasteiger partial charge on any atom is 0.0464 e. The first kappa shape index (κ1) is 21.1. The van der Waals surface area contributed by atoms with Crippen LogP contribution in [0.1, 0.15) is 72.9 Å². The molecule has 32 heavy (non-hydrogen) atoms. The zero-order chi connectivity index (χ0) is 22.1. The minimum atomic E-state index is 0.877. The number of aromatic amines is 1. The summed E-state index contributed by atoms with van der Waals surface area (Å²) in [5.74, 6) is 0.877. The van der Waals surface area contributed by atoms with Crippen LogP contribution in [0.3, 0.4) is 0 Å². The van der Waals surface area contributed by atoms with E-state index in [4.69, 9.17) is 0 Å². The van der Waals surface area contributed by atoms with Gasteiger partial charge in [-0.25, -0.2) is 0 Å². The van der Waals surface area contributed by atoms with Crippen molar-refractivity contribution in [3.8, 4) is 0 Å². The SMILES string of the molecule is C=C(CC1=CCC=C1c1cc2cc(CC3CCCCC3)ccc2[nH]1)c1c(C)cccc1C. The van der Waals surface area contributed by atoms with Gasteiger partial charge in [-0.2, -0.15) is 0 Å². The highest BCUT2D eigenvalue weighted by molar-refractivity contribution is 5.91. The number of aryl methyl sites for hydroxylation is 2. The molecular formula is C31H35N. The minimum Gasteiger partial charge on any atom is -0.355 e. The standard InChI is InChI=1S/C31H35N/c1-21-9-7-10-22(2)31(21)23(3)17-26-13-8-14-28(26)30-20-27-19-25(15-16-29(27)32-30)18-24-11-5-4-6-12-24/h7,9-10,13-16,19-20,24,32H,3-6,8,11-12,17-18H2,1-2H3. The molecule has 164 valence electrons. The molecule has 1 aromatic heterocycles. The molecule has 5 rings (SSSR count). The van der Waals surface area contributed by atoms with Crippen LogP contribution in [0.2, 0.25) is 0 Å². The smallest absolute Gasteiger partial charge is 0.0464 e. The molecule has 1 N–H and O–H groups in total. The first-order valence-electron chi connectivity index (χ1n) is 12.3. The number of H-pyrrole nitrogens is 1. The van der Waals surface area contributed by atoms with Crippen LogP contribution in [-0.4, -0.2) is 4.98 Å². The number of rotatable bonds is 6. The second-order valence-electron chi connectivity index (χ2n) is 9.94. The molecule has 1 heterocycles. The molecule has 2 aliphatic rings. The summed E-state index contributed by atoms with van der Waals surface area (Å²) in [4.78, 5) is 3.70. The van der Waals surface area contributed by atoms with Gasteiger partial charge in [-0.05, 0) is 96.2 Å². The van der Waals surface area contributed by atoms with Gasteiger partial charge in [-0.15, -0.1) is 0 Å². The van der Waals surface area contributed by atoms with Gasteiger partial charge in [-0.1, -0.05) is 75.1 Å². The van der Waals surface area contributed by atoms with Crippen molar-refractivity contribution >= 4 is 22.0 Å². The Kier molecular flexibility index (Phi) is 5.91. The lowest BCUT2D eigenvalue weighted by atomic mass is 9.85. The maximum atomic E-state index is 4.47. The van der Waals surface area contributed by atoms with Gasteiger partial charge in [-0.3, -0.25) is 0 Å². The van der Waals surface area contributed by atoms with E-state index in [0.29, 0.717) is 0 Å². The van der Waals surface area contributed by atoms with Crippen LogP contribution in [0, 0.1) is 19.8 Å². The first-order chi connectivity index (χ1) is 15.6. The summed E-state index contributed by atoms with van der Waals surface area (Å²) in [5.41, 5.74) is 11.9. The minimum absolute atomic E-state index is 0.877. The molecule has 1 heteroatoms. The van der Waals surface area contributed by atoms with Gasteiger partial charge in [0.1, 0.15) is 0 Å². The highest BCUT2D eigenvalue weighted by atomic mass is 14.7. The summed E-state index contributed by atoms with van der Waals surface area (Å²) >= 11 is 0. The van der Waals surface area contributed by atoms with Crippen molar-refractivity contribution in [2.75, 3.05) is 0 Å². The molecule has 0 spiro atoms. The number of hydrogen-bond donors (Lipinski definition) is 1. The van der Waals surface area contributed by atoms with Crippen LogP contribution in [-0.2, 0) is 6.42 Å². The Morgan fingerprint density at radius 1 is 0.969 bits per heavy atom. The highest BCUT2D eigenvalue weighted by Crippen LogP contribution is 2.37. The van der Waals surface area contributed by atoms with E-state index in [0.717, 1.165) is 18.8 Å². The van der Waals surface area contributed by atoms with Gasteiger partial charge in [0.25, 0.3) is 0 Å². The van der Waals surface area contributed by atoms with Crippen molar-refractivity contribution in [2.24, 2.45) is 5.92 Å². The average Bonchev–Trinajstić information content (AvgIpc) is 3.40. The van der Waals surface area contributed by atoms with Crippen LogP contribution >= 0.6 is 0 Å². The molecule has 0 bridgehead atoms. The maximum absolute atomic E-state index is 4.47. The van der Waals surface area contributed by atoms with Crippen LogP contribution in [0.15, 0.2) is 66.8 Å². The summed E-state index contributed by atoms with van der Waals surface area (Å²) in [6, 6.07) is 15.9. The van der Waals surface area contributed by atoms with Crippen molar-refractivity contribution < 1.29 is 0 Å². The van der Waals surface area contributed by atoms with E-state index in [1.54, 1.807) is 0 Å². The number of hydrogen-bond acceptors (Lipinski definition) is 0. The summed E-state index contributed by atoms with van der Waals surface area (Å²) in [7, 11) is 0. The van der Waals surface area contributed by atoms with Crippen LogP contribution in [0.5, 0.6) is 0 Å². The van der Waals surface area contributed by atoms with Crippen molar-refractivity contribution in [1.29, 1.82) is 0 Å². The molecule has 1 saturated carbocycles. The Bertz CT molecular complexity index is 1190. The Morgan fingerprint density at radius 3 is 2.53 bits per heavy atom. The van der Waals surface area contributed by atoms with Gasteiger partial charge in [0.05, 0.1) is 0 Å². The van der Waals surface area contributed by atoms with Gasteiger partial charge in [0.15, 0.2) is 0 Å². The van der Waals surface area contributed by atoms with E-state index in [9.17, 15) is 0 Å². The molecule has 1 fully saturated rings. The second-order valence-corrected chi connectivity index (χ2v) is 9.94. The van der Waals surface area contributed by atoms with E-state index in [-0.39, 0.29) is 0 Å². The lowest BCUT2D eigenvalue weighted by molar-refractivity contribution is 0.357. The fraction of sp³-hybridized carbons (Fsp3) is 0.355. The Labute approximate surface area is 193 Å². The molecule has 0 atom stereocenters. The fourth-order valence-electron chi connectivity index (χ4n) is 5.88. The third-order valence-corrected chi connectivity index (χ3v) is 7.50. The molecule has 1 nitrogen and oxygen atoms in total. The Hall–Kier alpha value is -2.80. The highest BCUT2D eigenvalue weighted by Gasteiger charge is 2.18. The molecule has 0 amide bonds. The van der Waals surface area contributed by atoms with Crippen LogP contribution < -0.4 is 0 Å². The normalized spacial score (nSPS) is 16.9. The molecule has 3 aromatic rings. The van der Waals surface area contributed by atoms with E-state index in [1.807, 2.05) is 0 Å². The van der Waals surface area contributed by atoms with Crippen molar-refractivity contribution in [2.45, 2.75) is 65.2 Å². The van der Waals surface area contributed by atoms with Crippen LogP contribution in [0.25, 0.3) is 22.0 Å². The summed E-state index contributed by atoms with van der Waals surface area (Å²) in [6.45, 7) is 8.85. The molecule has 2 aliphatic carbocycles. The predicted octanol–water partition coefficient (Wildman–Crippen LogP) is 8.72. The van der Waals surface area contributed by atoms with Gasteiger partial charge >= 0.3 is 0 Å².